The molecular formula is C11H12O2. The van der Waals surface area contributed by atoms with Crippen molar-refractivity contribution in [2.75, 3.05) is 0 Å². The van der Waals surface area contributed by atoms with Crippen LogP contribution in [0.1, 0.15) is 22.8 Å². The molecule has 0 bridgehead atoms. The Kier molecular flexibility index (Phi) is 1.94. The smallest absolute Gasteiger partial charge is 0.109 e. The highest BCUT2D eigenvalue weighted by molar-refractivity contribution is 5.58. The summed E-state index contributed by atoms with van der Waals surface area (Å²) in [6.45, 7) is 1.97. The summed E-state index contributed by atoms with van der Waals surface area (Å²) in [4.78, 5) is 0. The van der Waals surface area contributed by atoms with Gasteiger partial charge in [-0.25, -0.2) is 0 Å². The molecule has 68 valence electrons. The van der Waals surface area contributed by atoms with Crippen molar-refractivity contribution in [3.8, 4) is 0 Å². The van der Waals surface area contributed by atoms with E-state index in [4.69, 9.17) is 0 Å². The summed E-state index contributed by atoms with van der Waals surface area (Å²) < 4.78 is 0. The molecule has 2 atom stereocenters. The van der Waals surface area contributed by atoms with E-state index < -0.39 is 12.2 Å². The van der Waals surface area contributed by atoms with Gasteiger partial charge >= 0.3 is 0 Å². The Labute approximate surface area is 77.1 Å². The number of aliphatic hydroxyl groups is 2. The van der Waals surface area contributed by atoms with E-state index in [2.05, 4.69) is 0 Å². The summed E-state index contributed by atoms with van der Waals surface area (Å²) in [5.74, 6) is 0. The maximum Gasteiger partial charge on any atom is 0.109 e. The highest BCUT2D eigenvalue weighted by atomic mass is 16.3. The van der Waals surface area contributed by atoms with Crippen molar-refractivity contribution >= 4 is 6.08 Å². The van der Waals surface area contributed by atoms with Gasteiger partial charge in [0.15, 0.2) is 0 Å². The molecule has 1 aliphatic rings. The average molecular weight is 176 g/mol. The molecular weight excluding hydrogens is 164 g/mol. The lowest BCUT2D eigenvalue weighted by Crippen LogP contribution is -2.19. The molecule has 0 saturated heterocycles. The van der Waals surface area contributed by atoms with E-state index >= 15 is 0 Å². The van der Waals surface area contributed by atoms with Gasteiger partial charge < -0.3 is 10.2 Å². The summed E-state index contributed by atoms with van der Waals surface area (Å²) in [6.07, 6.45) is 1.91. The van der Waals surface area contributed by atoms with Crippen LogP contribution in [0.25, 0.3) is 6.08 Å². The van der Waals surface area contributed by atoms with Gasteiger partial charge in [0.1, 0.15) is 12.2 Å². The number of rotatable bonds is 0. The van der Waals surface area contributed by atoms with Crippen molar-refractivity contribution in [2.24, 2.45) is 0 Å². The number of hydrogen-bond donors (Lipinski definition) is 2. The molecule has 0 aromatic heterocycles. The van der Waals surface area contributed by atoms with Crippen LogP contribution in [-0.4, -0.2) is 16.3 Å². The van der Waals surface area contributed by atoms with Gasteiger partial charge in [-0.1, -0.05) is 35.9 Å². The fourth-order valence-corrected chi connectivity index (χ4v) is 1.59. The van der Waals surface area contributed by atoms with Crippen LogP contribution in [0.3, 0.4) is 0 Å². The van der Waals surface area contributed by atoms with Crippen molar-refractivity contribution < 1.29 is 10.2 Å². The molecule has 0 amide bonds. The van der Waals surface area contributed by atoms with Gasteiger partial charge in [0.05, 0.1) is 0 Å². The first-order valence-corrected chi connectivity index (χ1v) is 4.33. The Morgan fingerprint density at radius 3 is 2.77 bits per heavy atom. The highest BCUT2D eigenvalue weighted by Crippen LogP contribution is 2.28. The predicted molar refractivity (Wildman–Crippen MR) is 51.2 cm³/mol. The van der Waals surface area contributed by atoms with E-state index in [0.717, 1.165) is 16.7 Å². The minimum absolute atomic E-state index is 0.769. The second kappa shape index (κ2) is 2.98. The van der Waals surface area contributed by atoms with Crippen LogP contribution in [0.5, 0.6) is 0 Å². The van der Waals surface area contributed by atoms with Crippen LogP contribution in [0, 0.1) is 6.92 Å². The lowest BCUT2D eigenvalue weighted by atomic mass is 9.92. The lowest BCUT2D eigenvalue weighted by Gasteiger charge is -2.21. The van der Waals surface area contributed by atoms with Crippen molar-refractivity contribution in [3.63, 3.8) is 0 Å². The molecule has 2 rings (SSSR count). The van der Waals surface area contributed by atoms with Crippen LogP contribution in [-0.2, 0) is 0 Å². The van der Waals surface area contributed by atoms with Gasteiger partial charge in [-0.2, -0.15) is 0 Å². The monoisotopic (exact) mass is 176 g/mol. The van der Waals surface area contributed by atoms with E-state index in [1.54, 1.807) is 6.08 Å². The van der Waals surface area contributed by atoms with E-state index in [1.807, 2.05) is 31.2 Å². The number of aryl methyl sites for hydroxylation is 1. The van der Waals surface area contributed by atoms with Gasteiger partial charge in [0.25, 0.3) is 0 Å². The fourth-order valence-electron chi connectivity index (χ4n) is 1.59. The summed E-state index contributed by atoms with van der Waals surface area (Å²) in [6, 6.07) is 5.86. The Morgan fingerprint density at radius 2 is 2.00 bits per heavy atom. The number of aliphatic hydroxyl groups excluding tert-OH is 2. The summed E-state index contributed by atoms with van der Waals surface area (Å²) in [5, 5.41) is 19.0. The van der Waals surface area contributed by atoms with Crippen LogP contribution in [0.4, 0.5) is 0 Å². The second-order valence-corrected chi connectivity index (χ2v) is 3.43. The van der Waals surface area contributed by atoms with Crippen molar-refractivity contribution in [1.29, 1.82) is 0 Å². The normalized spacial score (nSPS) is 25.8. The molecule has 13 heavy (non-hydrogen) atoms. The first-order valence-electron chi connectivity index (χ1n) is 4.33. The molecule has 0 saturated carbocycles. The average Bonchev–Trinajstić information content (AvgIpc) is 2.12. The number of benzene rings is 1. The Bertz CT molecular complexity index is 355. The van der Waals surface area contributed by atoms with E-state index in [-0.39, 0.29) is 0 Å². The molecule has 2 nitrogen and oxygen atoms in total. The Morgan fingerprint density at radius 1 is 1.23 bits per heavy atom. The van der Waals surface area contributed by atoms with Crippen molar-refractivity contribution in [3.05, 3.63) is 41.0 Å². The van der Waals surface area contributed by atoms with Gasteiger partial charge in [-0.3, -0.25) is 0 Å². The molecule has 0 heterocycles. The zero-order valence-electron chi connectivity index (χ0n) is 7.44. The lowest BCUT2D eigenvalue weighted by molar-refractivity contribution is 0.0470. The van der Waals surface area contributed by atoms with Crippen LogP contribution >= 0.6 is 0 Å². The zero-order chi connectivity index (χ0) is 9.42. The van der Waals surface area contributed by atoms with Crippen LogP contribution < -0.4 is 0 Å². The van der Waals surface area contributed by atoms with Gasteiger partial charge in [0.2, 0.25) is 0 Å². The molecule has 1 aromatic rings. The maximum atomic E-state index is 9.65. The Hall–Kier alpha value is -1.12. The second-order valence-electron chi connectivity index (χ2n) is 3.43. The molecule has 2 N–H and O–H groups in total. The largest absolute Gasteiger partial charge is 0.386 e. The number of fused-ring (bicyclic) bond motifs is 1. The van der Waals surface area contributed by atoms with E-state index in [1.165, 1.54) is 0 Å². The van der Waals surface area contributed by atoms with E-state index in [0.29, 0.717) is 0 Å². The minimum atomic E-state index is -0.778. The SMILES string of the molecule is Cc1ccc2c(c1)C(O)C(O)C=C2. The van der Waals surface area contributed by atoms with Gasteiger partial charge in [0, 0.05) is 0 Å². The van der Waals surface area contributed by atoms with Crippen molar-refractivity contribution in [1.82, 2.24) is 0 Å². The summed E-state index contributed by atoms with van der Waals surface area (Å²) in [5.41, 5.74) is 2.90. The van der Waals surface area contributed by atoms with Gasteiger partial charge in [-0.15, -0.1) is 0 Å². The minimum Gasteiger partial charge on any atom is -0.386 e. The third-order valence-corrected chi connectivity index (χ3v) is 2.36. The molecule has 2 unspecified atom stereocenters. The molecule has 1 aromatic carbocycles. The van der Waals surface area contributed by atoms with Crippen molar-refractivity contribution in [2.45, 2.75) is 19.1 Å². The maximum absolute atomic E-state index is 9.65. The molecule has 2 heteroatoms. The molecule has 1 aliphatic carbocycles. The first-order chi connectivity index (χ1) is 6.18. The van der Waals surface area contributed by atoms with Crippen LogP contribution in [0.15, 0.2) is 24.3 Å². The Balaban J connectivity index is 2.54. The summed E-state index contributed by atoms with van der Waals surface area (Å²) in [7, 11) is 0. The third kappa shape index (κ3) is 1.39. The zero-order valence-corrected chi connectivity index (χ0v) is 7.44. The topological polar surface area (TPSA) is 40.5 Å². The molecule has 0 radical (unpaired) electrons. The molecule has 0 fully saturated rings. The number of hydrogen-bond acceptors (Lipinski definition) is 2. The molecule has 0 aliphatic heterocycles. The highest BCUT2D eigenvalue weighted by Gasteiger charge is 2.21. The standard InChI is InChI=1S/C11H12O2/c1-7-2-3-8-4-5-10(12)11(13)9(8)6-7/h2-6,10-13H,1H3. The van der Waals surface area contributed by atoms with Gasteiger partial charge in [-0.05, 0) is 18.1 Å². The molecule has 0 spiro atoms. The summed E-state index contributed by atoms with van der Waals surface area (Å²) >= 11 is 0. The quantitative estimate of drug-likeness (QED) is 0.627. The van der Waals surface area contributed by atoms with Crippen LogP contribution in [0.2, 0.25) is 0 Å². The third-order valence-electron chi connectivity index (χ3n) is 2.36. The predicted octanol–water partition coefficient (Wildman–Crippen LogP) is 1.42. The van der Waals surface area contributed by atoms with E-state index in [9.17, 15) is 10.2 Å². The first kappa shape index (κ1) is 8.48. The fraction of sp³-hybridized carbons (Fsp3) is 0.273.